The molecule has 4 nitrogen and oxygen atoms in total. The van der Waals surface area contributed by atoms with E-state index in [1.54, 1.807) is 12.1 Å². The quantitative estimate of drug-likeness (QED) is 0.317. The van der Waals surface area contributed by atoms with Crippen molar-refractivity contribution in [2.24, 2.45) is 0 Å². The van der Waals surface area contributed by atoms with Gasteiger partial charge in [0.1, 0.15) is 11.6 Å². The number of hydrogen-bond acceptors (Lipinski definition) is 3. The standard InChI is InChI=1S/C27H24BClFNO3/c1-26(2)27(3,4)34-28(33-26)18-7-11-21-23-14-17-13-19(29)8-12-22(17)31(23)25(32-24(21)15-18)16-5-9-20(30)10-6-16/h5-15,25H,1-4H3. The van der Waals surface area contributed by atoms with Crippen LogP contribution in [0.3, 0.4) is 0 Å². The first kappa shape index (κ1) is 21.7. The largest absolute Gasteiger partial charge is 0.494 e. The molecule has 0 saturated carbocycles. The van der Waals surface area contributed by atoms with Crippen molar-refractivity contribution in [3.63, 3.8) is 0 Å². The fraction of sp³-hybridized carbons (Fsp3) is 0.259. The highest BCUT2D eigenvalue weighted by Crippen LogP contribution is 2.44. The van der Waals surface area contributed by atoms with Crippen LogP contribution in [0.15, 0.2) is 66.7 Å². The van der Waals surface area contributed by atoms with Crippen molar-refractivity contribution in [3.8, 4) is 17.0 Å². The van der Waals surface area contributed by atoms with Gasteiger partial charge in [0.05, 0.1) is 22.4 Å². The third-order valence-electron chi connectivity index (χ3n) is 7.24. The fourth-order valence-electron chi connectivity index (χ4n) is 4.66. The highest BCUT2D eigenvalue weighted by atomic mass is 35.5. The minimum atomic E-state index is -0.491. The molecule has 172 valence electrons. The Morgan fingerprint density at radius 2 is 1.59 bits per heavy atom. The number of fused-ring (bicyclic) bond motifs is 5. The third-order valence-corrected chi connectivity index (χ3v) is 7.47. The van der Waals surface area contributed by atoms with Gasteiger partial charge in [-0.3, -0.25) is 0 Å². The minimum absolute atomic E-state index is 0.285. The van der Waals surface area contributed by atoms with Crippen LogP contribution in [0.25, 0.3) is 22.2 Å². The first-order valence-corrected chi connectivity index (χ1v) is 11.7. The van der Waals surface area contributed by atoms with Gasteiger partial charge < -0.3 is 18.6 Å². The summed E-state index contributed by atoms with van der Waals surface area (Å²) in [7, 11) is -0.491. The number of hydrogen-bond donors (Lipinski definition) is 0. The number of benzene rings is 3. The Balaban J connectivity index is 1.50. The molecule has 1 atom stereocenters. The van der Waals surface area contributed by atoms with Crippen molar-refractivity contribution < 1.29 is 18.4 Å². The van der Waals surface area contributed by atoms with Crippen molar-refractivity contribution in [1.82, 2.24) is 4.57 Å². The van der Waals surface area contributed by atoms with Gasteiger partial charge in [-0.05, 0) is 81.7 Å². The summed E-state index contributed by atoms with van der Waals surface area (Å²) in [6.45, 7) is 8.15. The second-order valence-electron chi connectivity index (χ2n) is 9.97. The molecule has 2 aliphatic heterocycles. The van der Waals surface area contributed by atoms with E-state index in [1.807, 2.05) is 64.1 Å². The zero-order chi connectivity index (χ0) is 23.8. The van der Waals surface area contributed by atoms with Crippen LogP contribution in [-0.4, -0.2) is 22.9 Å². The van der Waals surface area contributed by atoms with E-state index in [1.165, 1.54) is 12.1 Å². The molecule has 0 N–H and O–H groups in total. The lowest BCUT2D eigenvalue weighted by atomic mass is 9.78. The number of halogens is 2. The van der Waals surface area contributed by atoms with Crippen LogP contribution in [0.4, 0.5) is 4.39 Å². The molecule has 3 heterocycles. The van der Waals surface area contributed by atoms with Gasteiger partial charge in [-0.2, -0.15) is 0 Å². The topological polar surface area (TPSA) is 32.6 Å². The predicted octanol–water partition coefficient (Wildman–Crippen LogP) is 6.34. The Bertz CT molecular complexity index is 1410. The van der Waals surface area contributed by atoms with E-state index in [2.05, 4.69) is 10.6 Å². The SMILES string of the molecule is CC1(C)OB(c2ccc3c(c2)OC(c2ccc(F)cc2)n2c-3cc3cc(Cl)ccc32)OC1(C)C. The maximum absolute atomic E-state index is 13.7. The molecule has 0 aliphatic carbocycles. The molecule has 7 heteroatoms. The Morgan fingerprint density at radius 3 is 2.29 bits per heavy atom. The Labute approximate surface area is 203 Å². The summed E-state index contributed by atoms with van der Waals surface area (Å²) >= 11 is 6.28. The minimum Gasteiger partial charge on any atom is -0.465 e. The Kier molecular flexibility index (Phi) is 4.70. The van der Waals surface area contributed by atoms with E-state index in [9.17, 15) is 4.39 Å². The number of ether oxygens (including phenoxy) is 1. The first-order valence-electron chi connectivity index (χ1n) is 11.4. The zero-order valence-electron chi connectivity index (χ0n) is 19.4. The van der Waals surface area contributed by atoms with Crippen LogP contribution < -0.4 is 10.2 Å². The molecular weight excluding hydrogens is 452 g/mol. The molecule has 6 rings (SSSR count). The van der Waals surface area contributed by atoms with Gasteiger partial charge in [-0.1, -0.05) is 29.8 Å². The van der Waals surface area contributed by atoms with Crippen molar-refractivity contribution in [1.29, 1.82) is 0 Å². The van der Waals surface area contributed by atoms with E-state index in [0.717, 1.165) is 38.9 Å². The maximum Gasteiger partial charge on any atom is 0.494 e. The maximum atomic E-state index is 13.7. The van der Waals surface area contributed by atoms with E-state index in [-0.39, 0.29) is 5.82 Å². The summed E-state index contributed by atoms with van der Waals surface area (Å²) in [5, 5.41) is 1.69. The smallest absolute Gasteiger partial charge is 0.465 e. The summed E-state index contributed by atoms with van der Waals surface area (Å²) in [6, 6.07) is 20.4. The summed E-state index contributed by atoms with van der Waals surface area (Å²) in [5.41, 5.74) is 3.84. The van der Waals surface area contributed by atoms with Gasteiger partial charge >= 0.3 is 7.12 Å². The summed E-state index contributed by atoms with van der Waals surface area (Å²) < 4.78 is 34.9. The van der Waals surface area contributed by atoms with Crippen LogP contribution in [-0.2, 0) is 9.31 Å². The van der Waals surface area contributed by atoms with Crippen molar-refractivity contribution in [2.75, 3.05) is 0 Å². The molecule has 0 amide bonds. The molecule has 1 unspecified atom stereocenters. The van der Waals surface area contributed by atoms with Gasteiger partial charge in [0, 0.05) is 21.5 Å². The van der Waals surface area contributed by atoms with Gasteiger partial charge in [0.25, 0.3) is 0 Å². The first-order chi connectivity index (χ1) is 16.1. The molecular formula is C27H24BClFNO3. The molecule has 1 aromatic heterocycles. The summed E-state index contributed by atoms with van der Waals surface area (Å²) in [4.78, 5) is 0. The van der Waals surface area contributed by atoms with Crippen LogP contribution in [0.1, 0.15) is 39.5 Å². The van der Waals surface area contributed by atoms with Gasteiger partial charge in [-0.25, -0.2) is 4.39 Å². The van der Waals surface area contributed by atoms with Crippen LogP contribution >= 0.6 is 11.6 Å². The second-order valence-corrected chi connectivity index (χ2v) is 10.4. The van der Waals surface area contributed by atoms with Crippen molar-refractivity contribution in [2.45, 2.75) is 45.1 Å². The molecule has 3 aromatic carbocycles. The molecule has 0 radical (unpaired) electrons. The molecule has 0 bridgehead atoms. The monoisotopic (exact) mass is 475 g/mol. The zero-order valence-corrected chi connectivity index (χ0v) is 20.2. The highest BCUT2D eigenvalue weighted by molar-refractivity contribution is 6.62. The molecule has 1 saturated heterocycles. The number of rotatable bonds is 2. The Hall–Kier alpha value is -2.80. The van der Waals surface area contributed by atoms with Gasteiger partial charge in [0.2, 0.25) is 6.23 Å². The lowest BCUT2D eigenvalue weighted by Gasteiger charge is -2.32. The molecule has 1 fully saturated rings. The van der Waals surface area contributed by atoms with E-state index < -0.39 is 24.5 Å². The summed E-state index contributed by atoms with van der Waals surface area (Å²) in [5.74, 6) is 0.440. The predicted molar refractivity (Wildman–Crippen MR) is 133 cm³/mol. The number of aromatic nitrogens is 1. The van der Waals surface area contributed by atoms with E-state index in [0.29, 0.717) is 5.02 Å². The van der Waals surface area contributed by atoms with E-state index in [4.69, 9.17) is 25.6 Å². The normalized spacial score (nSPS) is 20.2. The number of nitrogens with zero attached hydrogens (tertiary/aromatic N) is 1. The molecule has 34 heavy (non-hydrogen) atoms. The Morgan fingerprint density at radius 1 is 0.882 bits per heavy atom. The van der Waals surface area contributed by atoms with Crippen LogP contribution in [0.2, 0.25) is 5.02 Å². The summed E-state index contributed by atoms with van der Waals surface area (Å²) in [6.07, 6.45) is -0.463. The van der Waals surface area contributed by atoms with E-state index >= 15 is 0 Å². The molecule has 0 spiro atoms. The molecule has 2 aliphatic rings. The average Bonchev–Trinajstić information content (AvgIpc) is 3.26. The molecule has 4 aromatic rings. The van der Waals surface area contributed by atoms with Crippen LogP contribution in [0, 0.1) is 5.82 Å². The second kappa shape index (κ2) is 7.35. The van der Waals surface area contributed by atoms with Crippen molar-refractivity contribution >= 4 is 35.1 Å². The van der Waals surface area contributed by atoms with Gasteiger partial charge in [0.15, 0.2) is 0 Å². The highest BCUT2D eigenvalue weighted by Gasteiger charge is 2.52. The lowest BCUT2D eigenvalue weighted by Crippen LogP contribution is -2.41. The third kappa shape index (κ3) is 3.28. The van der Waals surface area contributed by atoms with Crippen LogP contribution in [0.5, 0.6) is 5.75 Å². The fourth-order valence-corrected chi connectivity index (χ4v) is 4.84. The van der Waals surface area contributed by atoms with Crippen molar-refractivity contribution in [3.05, 3.63) is 83.1 Å². The lowest BCUT2D eigenvalue weighted by molar-refractivity contribution is 0.00578. The van der Waals surface area contributed by atoms with Gasteiger partial charge in [-0.15, -0.1) is 0 Å². The average molecular weight is 476 g/mol.